The third-order valence-corrected chi connectivity index (χ3v) is 3.38. The first-order valence-electron chi connectivity index (χ1n) is 7.33. The lowest BCUT2D eigenvalue weighted by atomic mass is 10.1. The van der Waals surface area contributed by atoms with Gasteiger partial charge in [0.1, 0.15) is 11.5 Å². The summed E-state index contributed by atoms with van der Waals surface area (Å²) in [6, 6.07) is 14.5. The largest absolute Gasteiger partial charge is 0.497 e. The quantitative estimate of drug-likeness (QED) is 0.658. The highest BCUT2D eigenvalue weighted by Gasteiger charge is 2.07. The van der Waals surface area contributed by atoms with Crippen molar-refractivity contribution in [3.63, 3.8) is 0 Å². The van der Waals surface area contributed by atoms with Crippen molar-refractivity contribution in [3.8, 4) is 11.5 Å². The van der Waals surface area contributed by atoms with Crippen LogP contribution >= 0.6 is 0 Å². The van der Waals surface area contributed by atoms with Crippen molar-refractivity contribution in [1.82, 2.24) is 5.43 Å². The number of benzene rings is 2. The lowest BCUT2D eigenvalue weighted by Crippen LogP contribution is -2.20. The van der Waals surface area contributed by atoms with E-state index in [4.69, 9.17) is 9.47 Å². The molecule has 5 heteroatoms. The van der Waals surface area contributed by atoms with E-state index in [9.17, 15) is 4.79 Å². The molecule has 0 aromatic heterocycles. The average molecular weight is 312 g/mol. The first kappa shape index (κ1) is 16.5. The van der Waals surface area contributed by atoms with E-state index in [2.05, 4.69) is 10.5 Å². The lowest BCUT2D eigenvalue weighted by molar-refractivity contribution is 0.0954. The molecule has 1 amide bonds. The molecule has 0 aliphatic carbocycles. The van der Waals surface area contributed by atoms with Crippen LogP contribution < -0.4 is 14.9 Å². The molecule has 0 bridgehead atoms. The van der Waals surface area contributed by atoms with Gasteiger partial charge in [0.15, 0.2) is 0 Å². The number of hydrogen-bond donors (Lipinski definition) is 1. The SMILES string of the molecule is CCC(=NNC(=O)c1cccc(OC)c1)c1ccc(OC)cc1. The van der Waals surface area contributed by atoms with Crippen molar-refractivity contribution in [2.45, 2.75) is 13.3 Å². The Hall–Kier alpha value is -2.82. The Bertz CT molecular complexity index is 694. The lowest BCUT2D eigenvalue weighted by Gasteiger charge is -2.07. The fourth-order valence-corrected chi connectivity index (χ4v) is 2.08. The zero-order chi connectivity index (χ0) is 16.7. The van der Waals surface area contributed by atoms with Crippen molar-refractivity contribution in [2.75, 3.05) is 14.2 Å². The Morgan fingerprint density at radius 3 is 2.30 bits per heavy atom. The molecule has 2 rings (SSSR count). The van der Waals surface area contributed by atoms with Gasteiger partial charge in [-0.2, -0.15) is 5.10 Å². The van der Waals surface area contributed by atoms with E-state index in [1.165, 1.54) is 0 Å². The molecule has 2 aromatic rings. The zero-order valence-corrected chi connectivity index (χ0v) is 13.5. The van der Waals surface area contributed by atoms with Crippen LogP contribution in [0.2, 0.25) is 0 Å². The van der Waals surface area contributed by atoms with Gasteiger partial charge < -0.3 is 9.47 Å². The minimum Gasteiger partial charge on any atom is -0.497 e. The van der Waals surface area contributed by atoms with Crippen LogP contribution in [0, 0.1) is 0 Å². The van der Waals surface area contributed by atoms with Gasteiger partial charge in [0, 0.05) is 5.56 Å². The van der Waals surface area contributed by atoms with Crippen LogP contribution in [0.15, 0.2) is 53.6 Å². The highest BCUT2D eigenvalue weighted by Crippen LogP contribution is 2.14. The molecule has 0 aliphatic heterocycles. The van der Waals surface area contributed by atoms with E-state index in [1.54, 1.807) is 38.5 Å². The molecular weight excluding hydrogens is 292 g/mol. The van der Waals surface area contributed by atoms with Crippen LogP contribution in [0.25, 0.3) is 0 Å². The van der Waals surface area contributed by atoms with Crippen molar-refractivity contribution >= 4 is 11.6 Å². The van der Waals surface area contributed by atoms with Gasteiger partial charge in [0.25, 0.3) is 5.91 Å². The molecular formula is C18H20N2O3. The summed E-state index contributed by atoms with van der Waals surface area (Å²) in [6.45, 7) is 1.99. The normalized spacial score (nSPS) is 11.0. The van der Waals surface area contributed by atoms with Gasteiger partial charge in [-0.05, 0) is 54.4 Å². The first-order valence-corrected chi connectivity index (χ1v) is 7.33. The minimum atomic E-state index is -0.275. The predicted octanol–water partition coefficient (Wildman–Crippen LogP) is 3.25. The molecule has 2 aromatic carbocycles. The van der Waals surface area contributed by atoms with Crippen molar-refractivity contribution in [2.24, 2.45) is 5.10 Å². The van der Waals surface area contributed by atoms with E-state index < -0.39 is 0 Å². The number of nitrogens with zero attached hydrogens (tertiary/aromatic N) is 1. The van der Waals surface area contributed by atoms with Crippen LogP contribution in [0.4, 0.5) is 0 Å². The second-order valence-electron chi connectivity index (χ2n) is 4.81. The Kier molecular flexibility index (Phi) is 5.74. The Morgan fingerprint density at radius 1 is 1.00 bits per heavy atom. The van der Waals surface area contributed by atoms with E-state index in [0.717, 1.165) is 17.0 Å². The maximum atomic E-state index is 12.2. The molecule has 0 heterocycles. The number of methoxy groups -OCH3 is 2. The van der Waals surface area contributed by atoms with E-state index in [-0.39, 0.29) is 5.91 Å². The van der Waals surface area contributed by atoms with Gasteiger partial charge in [-0.25, -0.2) is 5.43 Å². The molecule has 120 valence electrons. The third kappa shape index (κ3) is 4.32. The topological polar surface area (TPSA) is 59.9 Å². The summed E-state index contributed by atoms with van der Waals surface area (Å²) in [5, 5.41) is 4.24. The summed E-state index contributed by atoms with van der Waals surface area (Å²) in [5.41, 5.74) is 4.83. The summed E-state index contributed by atoms with van der Waals surface area (Å²) in [7, 11) is 3.19. The maximum Gasteiger partial charge on any atom is 0.271 e. The highest BCUT2D eigenvalue weighted by atomic mass is 16.5. The van der Waals surface area contributed by atoms with Gasteiger partial charge in [0.2, 0.25) is 0 Å². The minimum absolute atomic E-state index is 0.275. The van der Waals surface area contributed by atoms with Gasteiger partial charge >= 0.3 is 0 Å². The molecule has 0 unspecified atom stereocenters. The summed E-state index contributed by atoms with van der Waals surface area (Å²) in [6.07, 6.45) is 0.699. The summed E-state index contributed by atoms with van der Waals surface area (Å²) in [5.74, 6) is 1.14. The monoisotopic (exact) mass is 312 g/mol. The first-order chi connectivity index (χ1) is 11.2. The zero-order valence-electron chi connectivity index (χ0n) is 13.5. The van der Waals surface area contributed by atoms with Crippen LogP contribution in [0.1, 0.15) is 29.3 Å². The van der Waals surface area contributed by atoms with E-state index in [0.29, 0.717) is 17.7 Å². The number of nitrogens with one attached hydrogen (secondary N) is 1. The predicted molar refractivity (Wildman–Crippen MR) is 90.3 cm³/mol. The molecule has 0 spiro atoms. The molecule has 5 nitrogen and oxygen atoms in total. The van der Waals surface area contributed by atoms with Crippen LogP contribution in [0.3, 0.4) is 0 Å². The van der Waals surface area contributed by atoms with Gasteiger partial charge in [-0.15, -0.1) is 0 Å². The number of hydrogen-bond acceptors (Lipinski definition) is 4. The number of ether oxygens (including phenoxy) is 2. The number of carbonyl (C=O) groups is 1. The smallest absolute Gasteiger partial charge is 0.271 e. The van der Waals surface area contributed by atoms with E-state index in [1.807, 2.05) is 31.2 Å². The molecule has 1 N–H and O–H groups in total. The molecule has 0 aliphatic rings. The summed E-state index contributed by atoms with van der Waals surface area (Å²) < 4.78 is 10.3. The second kappa shape index (κ2) is 7.98. The fourth-order valence-electron chi connectivity index (χ4n) is 2.08. The summed E-state index contributed by atoms with van der Waals surface area (Å²) in [4.78, 5) is 12.2. The second-order valence-corrected chi connectivity index (χ2v) is 4.81. The van der Waals surface area contributed by atoms with Gasteiger partial charge in [-0.1, -0.05) is 13.0 Å². The van der Waals surface area contributed by atoms with E-state index >= 15 is 0 Å². The number of amides is 1. The Labute approximate surface area is 135 Å². The average Bonchev–Trinajstić information content (AvgIpc) is 2.62. The highest BCUT2D eigenvalue weighted by molar-refractivity contribution is 6.02. The van der Waals surface area contributed by atoms with Crippen LogP contribution in [-0.2, 0) is 0 Å². The molecule has 0 saturated heterocycles. The number of carbonyl (C=O) groups excluding carboxylic acids is 1. The fraction of sp³-hybridized carbons (Fsp3) is 0.222. The Morgan fingerprint density at radius 2 is 1.70 bits per heavy atom. The number of hydrazone groups is 1. The molecule has 0 fully saturated rings. The van der Waals surface area contributed by atoms with Crippen molar-refractivity contribution in [3.05, 3.63) is 59.7 Å². The van der Waals surface area contributed by atoms with Crippen molar-refractivity contribution in [1.29, 1.82) is 0 Å². The third-order valence-electron chi connectivity index (χ3n) is 3.38. The standard InChI is InChI=1S/C18H20N2O3/c1-4-17(13-8-10-15(22-2)11-9-13)19-20-18(21)14-6-5-7-16(12-14)23-3/h5-12H,4H2,1-3H3,(H,20,21). The summed E-state index contributed by atoms with van der Waals surface area (Å²) >= 11 is 0. The van der Waals surface area contributed by atoms with Gasteiger partial charge in [0.05, 0.1) is 19.9 Å². The molecule has 0 radical (unpaired) electrons. The van der Waals surface area contributed by atoms with Crippen molar-refractivity contribution < 1.29 is 14.3 Å². The maximum absolute atomic E-state index is 12.2. The molecule has 23 heavy (non-hydrogen) atoms. The Balaban J connectivity index is 2.13. The molecule has 0 saturated carbocycles. The number of rotatable bonds is 6. The molecule has 0 atom stereocenters. The van der Waals surface area contributed by atoms with Crippen LogP contribution in [0.5, 0.6) is 11.5 Å². The van der Waals surface area contributed by atoms with Crippen LogP contribution in [-0.4, -0.2) is 25.8 Å². The van der Waals surface area contributed by atoms with Gasteiger partial charge in [-0.3, -0.25) is 4.79 Å².